The molecular formula is C28H34FN5O4S. The Balaban J connectivity index is 1.80. The van der Waals surface area contributed by atoms with Crippen molar-refractivity contribution >= 4 is 27.4 Å². The minimum Gasteiger partial charge on any atom is -0.493 e. The van der Waals surface area contributed by atoms with Crippen LogP contribution in [0.2, 0.25) is 0 Å². The summed E-state index contributed by atoms with van der Waals surface area (Å²) in [6, 6.07) is 9.61. The van der Waals surface area contributed by atoms with E-state index in [4.69, 9.17) is 15.5 Å². The molecule has 0 unspecified atom stereocenters. The number of rotatable bonds is 8. The third-order valence-corrected chi connectivity index (χ3v) is 7.78. The molecule has 0 aliphatic carbocycles. The number of aromatic nitrogens is 2. The maximum atomic E-state index is 14.7. The molecule has 3 aromatic rings. The second-order valence-electron chi connectivity index (χ2n) is 11.0. The third-order valence-electron chi connectivity index (χ3n) is 6.45. The van der Waals surface area contributed by atoms with E-state index in [-0.39, 0.29) is 44.7 Å². The maximum absolute atomic E-state index is 14.7. The van der Waals surface area contributed by atoms with Crippen molar-refractivity contribution in [2.24, 2.45) is 11.8 Å². The van der Waals surface area contributed by atoms with Crippen molar-refractivity contribution in [1.82, 2.24) is 14.7 Å². The zero-order valence-corrected chi connectivity index (χ0v) is 23.5. The van der Waals surface area contributed by atoms with Gasteiger partial charge < -0.3 is 15.4 Å². The fourth-order valence-electron chi connectivity index (χ4n) is 4.82. The number of nitrogens with two attached hydrogens (primary N) is 1. The van der Waals surface area contributed by atoms with Crippen LogP contribution in [0.5, 0.6) is 5.75 Å². The number of nitrogens with zero attached hydrogens (tertiary/aromatic N) is 3. The van der Waals surface area contributed by atoms with E-state index >= 15 is 0 Å². The monoisotopic (exact) mass is 555 g/mol. The Hall–Kier alpha value is -3.73. The number of carbonyl (C=O) groups excluding carboxylic acids is 1. The van der Waals surface area contributed by atoms with Crippen LogP contribution in [0.1, 0.15) is 51.5 Å². The molecule has 39 heavy (non-hydrogen) atoms. The molecule has 3 N–H and O–H groups in total. The van der Waals surface area contributed by atoms with Gasteiger partial charge in [-0.1, -0.05) is 26.8 Å². The second kappa shape index (κ2) is 10.8. The lowest BCUT2D eigenvalue weighted by Crippen LogP contribution is -2.39. The number of anilines is 2. The van der Waals surface area contributed by atoms with Gasteiger partial charge in [-0.25, -0.2) is 27.5 Å². The number of hydrogen-bond donors (Lipinski definition) is 2. The van der Waals surface area contributed by atoms with Gasteiger partial charge in [0.05, 0.1) is 17.7 Å². The summed E-state index contributed by atoms with van der Waals surface area (Å²) in [7, 11) is -4.27. The molecule has 0 saturated carbocycles. The van der Waals surface area contributed by atoms with E-state index in [1.54, 1.807) is 6.07 Å². The second-order valence-corrected chi connectivity index (χ2v) is 12.7. The van der Waals surface area contributed by atoms with Gasteiger partial charge in [0.2, 0.25) is 0 Å². The number of hydrogen-bond acceptors (Lipinski definition) is 8. The molecular weight excluding hydrogens is 521 g/mol. The molecule has 0 radical (unpaired) electrons. The molecule has 1 atom stereocenters. The Morgan fingerprint density at radius 3 is 2.64 bits per heavy atom. The normalized spacial score (nSPS) is 16.9. The zero-order chi connectivity index (χ0) is 28.5. The van der Waals surface area contributed by atoms with Crippen molar-refractivity contribution in [3.8, 4) is 17.0 Å². The largest absolute Gasteiger partial charge is 0.493 e. The minimum atomic E-state index is -4.27. The van der Waals surface area contributed by atoms with Crippen molar-refractivity contribution < 1.29 is 22.3 Å². The highest BCUT2D eigenvalue weighted by atomic mass is 32.2. The molecule has 0 bridgehead atoms. The van der Waals surface area contributed by atoms with Crippen LogP contribution in [0.15, 0.2) is 53.6 Å². The number of carbonyl (C=O) groups is 1. The van der Waals surface area contributed by atoms with Crippen LogP contribution in [-0.2, 0) is 10.0 Å². The van der Waals surface area contributed by atoms with Gasteiger partial charge in [0.25, 0.3) is 15.9 Å². The van der Waals surface area contributed by atoms with Crippen LogP contribution in [0.4, 0.5) is 15.9 Å². The predicted octanol–water partition coefficient (Wildman–Crippen LogP) is 4.64. The zero-order valence-electron chi connectivity index (χ0n) is 22.7. The number of benzene rings is 2. The first kappa shape index (κ1) is 28.3. The van der Waals surface area contributed by atoms with Crippen molar-refractivity contribution in [1.29, 1.82) is 0 Å². The molecule has 1 aromatic heterocycles. The van der Waals surface area contributed by atoms with Crippen LogP contribution < -0.4 is 20.1 Å². The smallest absolute Gasteiger partial charge is 0.285 e. The molecule has 1 fully saturated rings. The van der Waals surface area contributed by atoms with Crippen LogP contribution in [0.25, 0.3) is 11.3 Å². The molecule has 2 aromatic carbocycles. The first-order chi connectivity index (χ1) is 18.2. The van der Waals surface area contributed by atoms with E-state index in [1.807, 2.05) is 18.6 Å². The summed E-state index contributed by atoms with van der Waals surface area (Å²) in [4.78, 5) is 24.3. The fourth-order valence-corrected chi connectivity index (χ4v) is 5.83. The first-order valence-corrected chi connectivity index (χ1v) is 14.2. The fraction of sp³-hybridized carbons (Fsp3) is 0.393. The Bertz CT molecular complexity index is 1490. The number of sulfonamides is 1. The number of ether oxygens (including phenoxy) is 1. The summed E-state index contributed by atoms with van der Waals surface area (Å²) in [6.07, 6.45) is 2.37. The van der Waals surface area contributed by atoms with Crippen LogP contribution >= 0.6 is 0 Å². The van der Waals surface area contributed by atoms with Gasteiger partial charge in [-0.3, -0.25) is 4.79 Å². The molecule has 1 aliphatic rings. The van der Waals surface area contributed by atoms with Crippen molar-refractivity contribution in [2.45, 2.75) is 51.5 Å². The molecule has 1 saturated heterocycles. The van der Waals surface area contributed by atoms with E-state index in [0.29, 0.717) is 18.3 Å². The molecule has 9 nitrogen and oxygen atoms in total. The van der Waals surface area contributed by atoms with E-state index < -0.39 is 21.7 Å². The molecule has 1 amide bonds. The number of nitrogen functional groups attached to an aromatic ring is 1. The molecule has 2 heterocycles. The molecule has 11 heteroatoms. The quantitative estimate of drug-likeness (QED) is 0.385. The van der Waals surface area contributed by atoms with Crippen LogP contribution in [0.3, 0.4) is 0 Å². The molecule has 0 spiro atoms. The number of halogens is 1. The van der Waals surface area contributed by atoms with Gasteiger partial charge in [-0.2, -0.15) is 0 Å². The van der Waals surface area contributed by atoms with Crippen molar-refractivity contribution in [3.63, 3.8) is 0 Å². The lowest BCUT2D eigenvalue weighted by Gasteiger charge is -2.32. The van der Waals surface area contributed by atoms with Gasteiger partial charge in [-0.05, 0) is 62.4 Å². The van der Waals surface area contributed by atoms with E-state index in [9.17, 15) is 17.6 Å². The minimum absolute atomic E-state index is 0.0389. The van der Waals surface area contributed by atoms with Crippen molar-refractivity contribution in [2.75, 3.05) is 23.8 Å². The summed E-state index contributed by atoms with van der Waals surface area (Å²) < 4.78 is 48.4. The maximum Gasteiger partial charge on any atom is 0.285 e. The average molecular weight is 556 g/mol. The lowest BCUT2D eigenvalue weighted by molar-refractivity contribution is 0.0977. The number of amides is 1. The summed E-state index contributed by atoms with van der Waals surface area (Å²) in [5, 5.41) is 0. The molecule has 1 aliphatic heterocycles. The van der Waals surface area contributed by atoms with E-state index in [2.05, 4.69) is 30.7 Å². The highest BCUT2D eigenvalue weighted by Gasteiger charge is 2.38. The van der Waals surface area contributed by atoms with Gasteiger partial charge in [0.1, 0.15) is 23.1 Å². The predicted molar refractivity (Wildman–Crippen MR) is 148 cm³/mol. The highest BCUT2D eigenvalue weighted by molar-refractivity contribution is 7.90. The Morgan fingerprint density at radius 1 is 1.26 bits per heavy atom. The molecule has 208 valence electrons. The van der Waals surface area contributed by atoms with E-state index in [1.165, 1.54) is 42.6 Å². The Labute approximate surface area is 228 Å². The van der Waals surface area contributed by atoms with Gasteiger partial charge in [-0.15, -0.1) is 0 Å². The van der Waals surface area contributed by atoms with Gasteiger partial charge >= 0.3 is 0 Å². The summed E-state index contributed by atoms with van der Waals surface area (Å²) >= 11 is 0. The first-order valence-electron chi connectivity index (χ1n) is 12.8. The SMILES string of the molecule is CC(C)COc1cc(F)cc(-c2nc(N3C[C@@H](C)CC3(C)C)cnc2C(=O)NS(=O)(=O)c2cccc(N)c2)c1. The topological polar surface area (TPSA) is 128 Å². The van der Waals surface area contributed by atoms with Crippen LogP contribution in [-0.4, -0.2) is 43.0 Å². The molecule has 4 rings (SSSR count). The average Bonchev–Trinajstić information content (AvgIpc) is 3.13. The van der Waals surface area contributed by atoms with E-state index in [0.717, 1.165) is 13.0 Å². The summed E-state index contributed by atoms with van der Waals surface area (Å²) in [5.74, 6) is -0.218. The van der Waals surface area contributed by atoms with Gasteiger partial charge in [0.15, 0.2) is 5.69 Å². The Morgan fingerprint density at radius 2 is 2.00 bits per heavy atom. The van der Waals surface area contributed by atoms with Crippen molar-refractivity contribution in [3.05, 3.63) is 60.2 Å². The van der Waals surface area contributed by atoms with Gasteiger partial charge in [0, 0.05) is 29.4 Å². The standard InChI is InChI=1S/C28H34FN5O4S/c1-17(2)16-38-22-10-19(9-20(29)11-22)25-26(27(35)33-39(36,37)23-8-6-7-21(30)12-23)31-14-24(32-25)34-15-18(3)13-28(34,4)5/h6-12,14,17-18H,13,15-16,30H2,1-5H3,(H,33,35)/t18-/m0/s1. The lowest BCUT2D eigenvalue weighted by atomic mass is 9.98. The summed E-state index contributed by atoms with van der Waals surface area (Å²) in [5.41, 5.74) is 5.74. The van der Waals surface area contributed by atoms with Crippen LogP contribution in [0, 0.1) is 17.7 Å². The highest BCUT2D eigenvalue weighted by Crippen LogP contribution is 2.37. The number of nitrogens with one attached hydrogen (secondary N) is 1. The summed E-state index contributed by atoms with van der Waals surface area (Å²) in [6.45, 7) is 11.4. The Kier molecular flexibility index (Phi) is 7.83. The third kappa shape index (κ3) is 6.47.